The third-order valence-electron chi connectivity index (χ3n) is 5.31. The van der Waals surface area contributed by atoms with Gasteiger partial charge in [0.25, 0.3) is 11.7 Å². The molecule has 1 unspecified atom stereocenters. The number of carbonyl (C=O) groups excluding carboxylic acids is 2. The number of hydrogen-bond acceptors (Lipinski definition) is 6. The summed E-state index contributed by atoms with van der Waals surface area (Å²) in [6, 6.07) is 8.09. The zero-order valence-corrected chi connectivity index (χ0v) is 17.3. The van der Waals surface area contributed by atoms with Crippen molar-refractivity contribution in [2.24, 2.45) is 0 Å². The Kier molecular flexibility index (Phi) is 5.98. The van der Waals surface area contributed by atoms with Gasteiger partial charge in [-0.3, -0.25) is 14.6 Å². The minimum Gasteiger partial charge on any atom is -0.507 e. The first-order chi connectivity index (χ1) is 15.5. The summed E-state index contributed by atoms with van der Waals surface area (Å²) in [6.07, 6.45) is 7.25. The number of pyridine rings is 1. The number of ketones is 1. The number of nitrogens with zero attached hydrogens (tertiary/aromatic N) is 4. The fourth-order valence-corrected chi connectivity index (χ4v) is 3.77. The summed E-state index contributed by atoms with van der Waals surface area (Å²) in [5.41, 5.74) is 0.381. The summed E-state index contributed by atoms with van der Waals surface area (Å²) in [6.45, 7) is 0.860. The van der Waals surface area contributed by atoms with E-state index in [4.69, 9.17) is 4.74 Å². The SMILES string of the molecule is COc1ccc(/C(O)=C2\C(=O)C(=O)N(CCCn3ccnc3)C2c2ccccn2)cc1F. The maximum Gasteiger partial charge on any atom is 0.295 e. The molecule has 9 heteroatoms. The number of ether oxygens (including phenoxy) is 1. The van der Waals surface area contributed by atoms with Crippen LogP contribution in [-0.4, -0.2) is 49.9 Å². The Morgan fingerprint density at radius 1 is 1.19 bits per heavy atom. The number of likely N-dealkylation sites (tertiary alicyclic amines) is 1. The van der Waals surface area contributed by atoms with Gasteiger partial charge in [0.1, 0.15) is 11.8 Å². The third-order valence-corrected chi connectivity index (χ3v) is 5.31. The van der Waals surface area contributed by atoms with Gasteiger partial charge in [0.2, 0.25) is 0 Å². The number of aliphatic hydroxyl groups is 1. The third kappa shape index (κ3) is 3.96. The maximum atomic E-state index is 14.2. The van der Waals surface area contributed by atoms with Crippen LogP contribution in [0, 0.1) is 5.82 Å². The van der Waals surface area contributed by atoms with Crippen LogP contribution in [-0.2, 0) is 16.1 Å². The Hall–Kier alpha value is -4.01. The highest BCUT2D eigenvalue weighted by molar-refractivity contribution is 6.46. The molecule has 1 aromatic carbocycles. The second-order valence-electron chi connectivity index (χ2n) is 7.25. The molecular weight excluding hydrogens is 415 g/mol. The molecule has 1 atom stereocenters. The molecule has 1 aliphatic rings. The fraction of sp³-hybridized carbons (Fsp3) is 0.217. The summed E-state index contributed by atoms with van der Waals surface area (Å²) in [5.74, 6) is -2.72. The van der Waals surface area contributed by atoms with Gasteiger partial charge in [0.05, 0.1) is 24.7 Å². The number of aromatic nitrogens is 3. The quantitative estimate of drug-likeness (QED) is 0.348. The number of benzene rings is 1. The van der Waals surface area contributed by atoms with Crippen molar-refractivity contribution in [2.75, 3.05) is 13.7 Å². The van der Waals surface area contributed by atoms with E-state index in [1.54, 1.807) is 36.9 Å². The van der Waals surface area contributed by atoms with Crippen LogP contribution in [0.3, 0.4) is 0 Å². The van der Waals surface area contributed by atoms with Gasteiger partial charge in [0.15, 0.2) is 11.6 Å². The smallest absolute Gasteiger partial charge is 0.295 e. The number of imidazole rings is 1. The second-order valence-corrected chi connectivity index (χ2v) is 7.25. The standard InChI is InChI=1S/C23H21FN4O4/c1-32-18-7-6-15(13-16(18)24)21(29)19-20(17-5-2-3-8-26-17)28(23(31)22(19)30)11-4-10-27-12-9-25-14-27/h2-3,5-9,12-14,20,29H,4,10-11H2,1H3/b21-19+. The van der Waals surface area contributed by atoms with Gasteiger partial charge in [-0.25, -0.2) is 9.37 Å². The van der Waals surface area contributed by atoms with Crippen LogP contribution in [0.4, 0.5) is 4.39 Å². The molecule has 0 bridgehead atoms. The first-order valence-electron chi connectivity index (χ1n) is 10.00. The van der Waals surface area contributed by atoms with E-state index in [2.05, 4.69) is 9.97 Å². The lowest BCUT2D eigenvalue weighted by atomic mass is 9.98. The molecule has 164 valence electrons. The average molecular weight is 436 g/mol. The highest BCUT2D eigenvalue weighted by atomic mass is 19.1. The van der Waals surface area contributed by atoms with Gasteiger partial charge >= 0.3 is 0 Å². The molecule has 3 heterocycles. The van der Waals surface area contributed by atoms with E-state index in [9.17, 15) is 19.1 Å². The minimum atomic E-state index is -0.885. The van der Waals surface area contributed by atoms with Gasteiger partial charge in [0, 0.05) is 37.2 Å². The predicted molar refractivity (Wildman–Crippen MR) is 113 cm³/mol. The molecule has 3 aromatic rings. The van der Waals surface area contributed by atoms with Gasteiger partial charge in [-0.05, 0) is 36.8 Å². The van der Waals surface area contributed by atoms with Crippen molar-refractivity contribution < 1.29 is 23.8 Å². The number of Topliss-reactive ketones (excluding diaryl/α,β-unsaturated/α-hetero) is 1. The van der Waals surface area contributed by atoms with Crippen molar-refractivity contribution in [3.8, 4) is 5.75 Å². The Morgan fingerprint density at radius 3 is 2.69 bits per heavy atom. The molecule has 1 aliphatic heterocycles. The highest BCUT2D eigenvalue weighted by Crippen LogP contribution is 2.39. The average Bonchev–Trinajstić information content (AvgIpc) is 3.41. The number of hydrogen-bond donors (Lipinski definition) is 1. The van der Waals surface area contributed by atoms with Gasteiger partial charge in [-0.1, -0.05) is 6.07 Å². The van der Waals surface area contributed by atoms with Crippen molar-refractivity contribution in [3.05, 3.63) is 84.0 Å². The lowest BCUT2D eigenvalue weighted by Gasteiger charge is -2.24. The van der Waals surface area contributed by atoms with Crippen molar-refractivity contribution in [1.29, 1.82) is 0 Å². The van der Waals surface area contributed by atoms with Crippen molar-refractivity contribution in [2.45, 2.75) is 19.0 Å². The number of halogens is 1. The molecule has 1 N–H and O–H groups in total. The van der Waals surface area contributed by atoms with Crippen LogP contribution in [0.25, 0.3) is 5.76 Å². The van der Waals surface area contributed by atoms with E-state index in [1.165, 1.54) is 24.1 Å². The summed E-state index contributed by atoms with van der Waals surface area (Å²) < 4.78 is 21.0. The van der Waals surface area contributed by atoms with Crippen molar-refractivity contribution >= 4 is 17.4 Å². The number of rotatable bonds is 7. The van der Waals surface area contributed by atoms with E-state index >= 15 is 0 Å². The largest absolute Gasteiger partial charge is 0.507 e. The lowest BCUT2D eigenvalue weighted by molar-refractivity contribution is -0.140. The molecule has 2 aromatic heterocycles. The van der Waals surface area contributed by atoms with Crippen LogP contribution in [0.15, 0.2) is 66.9 Å². The Labute approximate surface area is 183 Å². The summed E-state index contributed by atoms with van der Waals surface area (Å²) >= 11 is 0. The van der Waals surface area contributed by atoms with Gasteiger partial charge < -0.3 is 19.3 Å². The van der Waals surface area contributed by atoms with E-state index in [0.29, 0.717) is 18.7 Å². The number of carbonyl (C=O) groups is 2. The zero-order valence-electron chi connectivity index (χ0n) is 17.3. The summed E-state index contributed by atoms with van der Waals surface area (Å²) in [7, 11) is 1.33. The number of amides is 1. The minimum absolute atomic E-state index is 0.00257. The molecule has 4 rings (SSSR count). The Bertz CT molecular complexity index is 1160. The molecule has 1 saturated heterocycles. The predicted octanol–water partition coefficient (Wildman–Crippen LogP) is 2.94. The van der Waals surface area contributed by atoms with E-state index in [0.717, 1.165) is 6.07 Å². The lowest BCUT2D eigenvalue weighted by Crippen LogP contribution is -2.31. The van der Waals surface area contributed by atoms with Crippen molar-refractivity contribution in [1.82, 2.24) is 19.4 Å². The fourth-order valence-electron chi connectivity index (χ4n) is 3.77. The topological polar surface area (TPSA) is 97.6 Å². The highest BCUT2D eigenvalue weighted by Gasteiger charge is 2.46. The molecule has 0 aliphatic carbocycles. The van der Waals surface area contributed by atoms with Crippen LogP contribution in [0.2, 0.25) is 0 Å². The number of methoxy groups -OCH3 is 1. The number of aryl methyl sites for hydroxylation is 1. The molecule has 1 fully saturated rings. The summed E-state index contributed by atoms with van der Waals surface area (Å²) in [5, 5.41) is 11.0. The van der Waals surface area contributed by atoms with Crippen LogP contribution in [0.1, 0.15) is 23.7 Å². The normalized spacial score (nSPS) is 17.7. The maximum absolute atomic E-state index is 14.2. The zero-order chi connectivity index (χ0) is 22.7. The molecule has 1 amide bonds. The monoisotopic (exact) mass is 436 g/mol. The Balaban J connectivity index is 1.72. The second kappa shape index (κ2) is 9.01. The van der Waals surface area contributed by atoms with E-state index in [1.807, 2.05) is 10.8 Å². The van der Waals surface area contributed by atoms with Gasteiger partial charge in [-0.2, -0.15) is 0 Å². The Morgan fingerprint density at radius 2 is 2.03 bits per heavy atom. The van der Waals surface area contributed by atoms with Gasteiger partial charge in [-0.15, -0.1) is 0 Å². The summed E-state index contributed by atoms with van der Waals surface area (Å²) in [4.78, 5) is 35.5. The van der Waals surface area contributed by atoms with E-state index in [-0.39, 0.29) is 23.4 Å². The first kappa shape index (κ1) is 21.2. The van der Waals surface area contributed by atoms with Crippen LogP contribution < -0.4 is 4.74 Å². The first-order valence-corrected chi connectivity index (χ1v) is 10.00. The van der Waals surface area contributed by atoms with Crippen molar-refractivity contribution in [3.63, 3.8) is 0 Å². The van der Waals surface area contributed by atoms with Crippen LogP contribution >= 0.6 is 0 Å². The van der Waals surface area contributed by atoms with E-state index < -0.39 is 29.3 Å². The molecular formula is C23H21FN4O4. The molecule has 32 heavy (non-hydrogen) atoms. The van der Waals surface area contributed by atoms with Crippen LogP contribution in [0.5, 0.6) is 5.75 Å². The molecule has 8 nitrogen and oxygen atoms in total. The molecule has 0 saturated carbocycles. The molecule has 0 radical (unpaired) electrons. The molecule has 0 spiro atoms. The number of aliphatic hydroxyl groups excluding tert-OH is 1.